The molecule has 2 aromatic heterocycles. The van der Waals surface area contributed by atoms with E-state index in [2.05, 4.69) is 25.6 Å². The second kappa shape index (κ2) is 11.4. The summed E-state index contributed by atoms with van der Waals surface area (Å²) < 4.78 is 31.0. The lowest BCUT2D eigenvalue weighted by Gasteiger charge is -2.14. The number of aromatic nitrogens is 3. The molecule has 10 nitrogen and oxygen atoms in total. The zero-order chi connectivity index (χ0) is 23.7. The van der Waals surface area contributed by atoms with Crippen LogP contribution in [0.5, 0.6) is 5.75 Å². The van der Waals surface area contributed by atoms with Gasteiger partial charge in [0.1, 0.15) is 22.2 Å². The zero-order valence-electron chi connectivity index (χ0n) is 17.9. The quantitative estimate of drug-likeness (QED) is 0.275. The maximum atomic E-state index is 12.9. The number of nitrogens with one attached hydrogen (secondary N) is 2. The lowest BCUT2D eigenvalue weighted by molar-refractivity contribution is 0.102. The molecule has 0 bridgehead atoms. The van der Waals surface area contributed by atoms with Gasteiger partial charge in [0, 0.05) is 30.7 Å². The average molecular weight is 478 g/mol. The molecular weight excluding hydrogens is 454 g/mol. The van der Waals surface area contributed by atoms with Crippen molar-refractivity contribution in [3.8, 4) is 17.1 Å². The first-order valence-corrected chi connectivity index (χ1v) is 12.2. The number of pyridine rings is 1. The summed E-state index contributed by atoms with van der Waals surface area (Å²) >= 11 is 1.39. The maximum absolute atomic E-state index is 12.9. The van der Waals surface area contributed by atoms with Gasteiger partial charge in [-0.15, -0.1) is 11.8 Å². The van der Waals surface area contributed by atoms with Gasteiger partial charge in [0.2, 0.25) is 0 Å². The van der Waals surface area contributed by atoms with Crippen molar-refractivity contribution in [3.05, 3.63) is 54.4 Å². The third-order valence-corrected chi connectivity index (χ3v) is 4.48. The van der Waals surface area contributed by atoms with Gasteiger partial charge in [0.25, 0.3) is 16.0 Å². The highest BCUT2D eigenvalue weighted by Crippen LogP contribution is 2.28. The third-order valence-electron chi connectivity index (χ3n) is 3.80. The Morgan fingerprint density at radius 1 is 1.16 bits per heavy atom. The number of amides is 1. The zero-order valence-corrected chi connectivity index (χ0v) is 19.5. The average Bonchev–Trinajstić information content (AvgIpc) is 2.78. The Kier molecular flexibility index (Phi) is 8.93. The maximum Gasteiger partial charge on any atom is 0.262 e. The van der Waals surface area contributed by atoms with Crippen LogP contribution < -0.4 is 15.4 Å². The highest BCUT2D eigenvalue weighted by Gasteiger charge is 2.21. The van der Waals surface area contributed by atoms with E-state index in [1.165, 1.54) is 11.8 Å². The second-order valence-corrected chi connectivity index (χ2v) is 8.45. The molecule has 0 atom stereocenters. The standard InChI is InChI=1S/C19H19N5O2S.CH4O3S/c1-20-17-15(18(25)22-13-6-8-14(26-2)9-7-13)19(27-3)24-16(23-17)12-5-4-10-21-11-12;1-5(2,3)4/h4-11H,1-3H3,(H,22,25)(H,20,23,24);1H3,(H,2,3,4). The van der Waals surface area contributed by atoms with Crippen LogP contribution in [0, 0.1) is 0 Å². The van der Waals surface area contributed by atoms with Gasteiger partial charge in [0.05, 0.1) is 13.4 Å². The Labute approximate surface area is 190 Å². The summed E-state index contributed by atoms with van der Waals surface area (Å²) in [5.41, 5.74) is 1.84. The van der Waals surface area contributed by atoms with Crippen molar-refractivity contribution in [1.82, 2.24) is 15.0 Å². The molecule has 3 N–H and O–H groups in total. The van der Waals surface area contributed by atoms with Crippen LogP contribution >= 0.6 is 11.8 Å². The fourth-order valence-corrected chi connectivity index (χ4v) is 3.04. The van der Waals surface area contributed by atoms with Crippen LogP contribution in [0.2, 0.25) is 0 Å². The van der Waals surface area contributed by atoms with Gasteiger partial charge in [-0.05, 0) is 42.7 Å². The lowest BCUT2D eigenvalue weighted by Crippen LogP contribution is -2.17. The Morgan fingerprint density at radius 3 is 2.31 bits per heavy atom. The van der Waals surface area contributed by atoms with Crippen molar-refractivity contribution >= 4 is 39.3 Å². The molecule has 2 heterocycles. The number of carbonyl (C=O) groups excluding carboxylic acids is 1. The molecule has 0 saturated carbocycles. The lowest BCUT2D eigenvalue weighted by atomic mass is 10.2. The fraction of sp³-hybridized carbons (Fsp3) is 0.200. The summed E-state index contributed by atoms with van der Waals surface area (Å²) in [5.74, 6) is 1.40. The molecule has 0 saturated heterocycles. The number of methoxy groups -OCH3 is 1. The van der Waals surface area contributed by atoms with Gasteiger partial charge in [-0.2, -0.15) is 8.42 Å². The molecule has 32 heavy (non-hydrogen) atoms. The van der Waals surface area contributed by atoms with E-state index >= 15 is 0 Å². The van der Waals surface area contributed by atoms with Crippen molar-refractivity contribution in [2.45, 2.75) is 5.03 Å². The summed E-state index contributed by atoms with van der Waals surface area (Å²) in [4.78, 5) is 26.0. The number of hydrogen-bond donors (Lipinski definition) is 3. The van der Waals surface area contributed by atoms with Crippen LogP contribution in [0.4, 0.5) is 11.5 Å². The summed E-state index contributed by atoms with van der Waals surface area (Å²) in [7, 11) is -0.345. The second-order valence-electron chi connectivity index (χ2n) is 6.19. The molecule has 0 radical (unpaired) electrons. The minimum absolute atomic E-state index is 0.286. The Morgan fingerprint density at radius 2 is 1.81 bits per heavy atom. The molecule has 0 aliphatic rings. The normalized spacial score (nSPS) is 10.5. The van der Waals surface area contributed by atoms with Gasteiger partial charge >= 0.3 is 0 Å². The number of carbonyl (C=O) groups is 1. The molecule has 12 heteroatoms. The number of rotatable bonds is 6. The fourth-order valence-electron chi connectivity index (χ4n) is 2.47. The van der Waals surface area contributed by atoms with Gasteiger partial charge in [-0.1, -0.05) is 0 Å². The van der Waals surface area contributed by atoms with Crippen LogP contribution in [0.15, 0.2) is 53.8 Å². The summed E-state index contributed by atoms with van der Waals surface area (Å²) in [6, 6.07) is 10.8. The predicted molar refractivity (Wildman–Crippen MR) is 125 cm³/mol. The third kappa shape index (κ3) is 7.48. The van der Waals surface area contributed by atoms with Gasteiger partial charge in [-0.25, -0.2) is 9.97 Å². The molecule has 0 unspecified atom stereocenters. The number of nitrogens with zero attached hydrogens (tertiary/aromatic N) is 3. The van der Waals surface area contributed by atoms with E-state index < -0.39 is 10.1 Å². The number of benzene rings is 1. The monoisotopic (exact) mass is 477 g/mol. The van der Waals surface area contributed by atoms with E-state index in [0.29, 0.717) is 34.2 Å². The molecule has 3 aromatic rings. The van der Waals surface area contributed by atoms with Crippen LogP contribution in [0.3, 0.4) is 0 Å². The molecule has 3 rings (SSSR count). The Bertz CT molecular complexity index is 1120. The molecule has 170 valence electrons. The molecule has 0 aliphatic carbocycles. The van der Waals surface area contributed by atoms with Crippen molar-refractivity contribution in [3.63, 3.8) is 0 Å². The number of thioether (sulfide) groups is 1. The van der Waals surface area contributed by atoms with Crippen molar-refractivity contribution < 1.29 is 22.5 Å². The first kappa shape index (κ1) is 25.0. The SMILES string of the molecule is CNc1nc(-c2cccnc2)nc(SC)c1C(=O)Nc1ccc(OC)cc1.CS(=O)(=O)O. The molecular formula is C20H23N5O5S2. The largest absolute Gasteiger partial charge is 0.497 e. The van der Waals surface area contributed by atoms with E-state index in [9.17, 15) is 13.2 Å². The summed E-state index contributed by atoms with van der Waals surface area (Å²) in [6.07, 6.45) is 5.97. The van der Waals surface area contributed by atoms with E-state index in [1.54, 1.807) is 50.8 Å². The predicted octanol–water partition coefficient (Wildman–Crippen LogP) is 3.07. The summed E-state index contributed by atoms with van der Waals surface area (Å²) in [5, 5.41) is 6.46. The van der Waals surface area contributed by atoms with Crippen LogP contribution in [0.25, 0.3) is 11.4 Å². The van der Waals surface area contributed by atoms with E-state index in [1.807, 2.05) is 18.4 Å². The molecule has 0 aliphatic heterocycles. The highest BCUT2D eigenvalue weighted by molar-refractivity contribution is 7.98. The van der Waals surface area contributed by atoms with Crippen molar-refractivity contribution in [1.29, 1.82) is 0 Å². The van der Waals surface area contributed by atoms with Crippen LogP contribution in [-0.2, 0) is 10.1 Å². The minimum atomic E-state index is -3.67. The summed E-state index contributed by atoms with van der Waals surface area (Å²) in [6.45, 7) is 0. The number of anilines is 2. The van der Waals surface area contributed by atoms with Gasteiger partial charge < -0.3 is 15.4 Å². The number of ether oxygens (including phenoxy) is 1. The molecule has 0 fully saturated rings. The van der Waals surface area contributed by atoms with Crippen LogP contribution in [0.1, 0.15) is 10.4 Å². The first-order chi connectivity index (χ1) is 15.2. The van der Waals surface area contributed by atoms with E-state index in [-0.39, 0.29) is 5.91 Å². The first-order valence-electron chi connectivity index (χ1n) is 9.08. The Hall–Kier alpha value is -3.22. The van der Waals surface area contributed by atoms with Gasteiger partial charge in [0.15, 0.2) is 5.82 Å². The topological polar surface area (TPSA) is 143 Å². The van der Waals surface area contributed by atoms with Crippen LogP contribution in [-0.4, -0.2) is 60.5 Å². The van der Waals surface area contributed by atoms with Crippen molar-refractivity contribution in [2.75, 3.05) is 37.3 Å². The number of hydrogen-bond acceptors (Lipinski definition) is 9. The molecule has 1 amide bonds. The Balaban J connectivity index is 0.000000654. The van der Waals surface area contributed by atoms with Crippen molar-refractivity contribution in [2.24, 2.45) is 0 Å². The molecule has 1 aromatic carbocycles. The smallest absolute Gasteiger partial charge is 0.262 e. The minimum Gasteiger partial charge on any atom is -0.497 e. The van der Waals surface area contributed by atoms with E-state index in [4.69, 9.17) is 9.29 Å². The van der Waals surface area contributed by atoms with E-state index in [0.717, 1.165) is 11.3 Å². The highest BCUT2D eigenvalue weighted by atomic mass is 32.2. The van der Waals surface area contributed by atoms with Gasteiger partial charge in [-0.3, -0.25) is 14.3 Å². The molecule has 0 spiro atoms.